The van der Waals surface area contributed by atoms with Crippen molar-refractivity contribution in [2.75, 3.05) is 13.1 Å². The Labute approximate surface area is 131 Å². The van der Waals surface area contributed by atoms with E-state index in [4.69, 9.17) is 0 Å². The van der Waals surface area contributed by atoms with E-state index in [2.05, 4.69) is 43.4 Å². The fraction of sp³-hybridized carbons (Fsp3) is 0.700. The maximum absolute atomic E-state index is 3.53. The van der Waals surface area contributed by atoms with Gasteiger partial charge in [0.2, 0.25) is 0 Å². The van der Waals surface area contributed by atoms with Gasteiger partial charge in [-0.15, -0.1) is 0 Å². The molecule has 1 saturated carbocycles. The predicted molar refractivity (Wildman–Crippen MR) is 92.8 cm³/mol. The molecule has 2 rings (SSSR count). The average Bonchev–Trinajstić information content (AvgIpc) is 2.55. The fourth-order valence-corrected chi connectivity index (χ4v) is 3.81. The van der Waals surface area contributed by atoms with E-state index in [9.17, 15) is 0 Å². The Morgan fingerprint density at radius 1 is 0.905 bits per heavy atom. The largest absolute Gasteiger partial charge is 0.317 e. The summed E-state index contributed by atoms with van der Waals surface area (Å²) >= 11 is 0. The lowest BCUT2D eigenvalue weighted by Gasteiger charge is -2.38. The highest BCUT2D eigenvalue weighted by Gasteiger charge is 2.30. The van der Waals surface area contributed by atoms with Crippen molar-refractivity contribution < 1.29 is 0 Å². The van der Waals surface area contributed by atoms with E-state index in [0.29, 0.717) is 5.41 Å². The SMILES string of the molecule is CCNCCC1(CCc2ccc(CC)cc2)CCCCC1. The molecule has 0 bridgehead atoms. The van der Waals surface area contributed by atoms with E-state index in [1.54, 1.807) is 0 Å². The number of hydrogen-bond acceptors (Lipinski definition) is 1. The van der Waals surface area contributed by atoms with Gasteiger partial charge in [0.25, 0.3) is 0 Å². The summed E-state index contributed by atoms with van der Waals surface area (Å²) in [7, 11) is 0. The van der Waals surface area contributed by atoms with Gasteiger partial charge < -0.3 is 5.32 Å². The van der Waals surface area contributed by atoms with Crippen LogP contribution in [-0.2, 0) is 12.8 Å². The van der Waals surface area contributed by atoms with Crippen LogP contribution >= 0.6 is 0 Å². The van der Waals surface area contributed by atoms with Gasteiger partial charge in [0.05, 0.1) is 0 Å². The zero-order chi connectivity index (χ0) is 15.0. The topological polar surface area (TPSA) is 12.0 Å². The van der Waals surface area contributed by atoms with Crippen molar-refractivity contribution in [3.63, 3.8) is 0 Å². The van der Waals surface area contributed by atoms with E-state index >= 15 is 0 Å². The summed E-state index contributed by atoms with van der Waals surface area (Å²) in [6.45, 7) is 6.75. The van der Waals surface area contributed by atoms with E-state index in [1.807, 2.05) is 0 Å². The molecule has 1 aliphatic rings. The van der Waals surface area contributed by atoms with Crippen LogP contribution < -0.4 is 5.32 Å². The molecule has 21 heavy (non-hydrogen) atoms. The number of hydrogen-bond donors (Lipinski definition) is 1. The third kappa shape index (κ3) is 5.14. The molecule has 0 radical (unpaired) electrons. The summed E-state index contributed by atoms with van der Waals surface area (Å²) in [5.74, 6) is 0. The molecule has 118 valence electrons. The van der Waals surface area contributed by atoms with Crippen LogP contribution in [-0.4, -0.2) is 13.1 Å². The van der Waals surface area contributed by atoms with E-state index < -0.39 is 0 Å². The van der Waals surface area contributed by atoms with Crippen LogP contribution in [0.25, 0.3) is 0 Å². The summed E-state index contributed by atoms with van der Waals surface area (Å²) in [5, 5.41) is 3.53. The molecule has 0 saturated heterocycles. The van der Waals surface area contributed by atoms with Crippen molar-refractivity contribution in [2.24, 2.45) is 5.41 Å². The zero-order valence-corrected chi connectivity index (χ0v) is 14.1. The molecule has 0 heterocycles. The summed E-state index contributed by atoms with van der Waals surface area (Å²) in [4.78, 5) is 0. The van der Waals surface area contributed by atoms with E-state index in [1.165, 1.54) is 69.0 Å². The van der Waals surface area contributed by atoms with Crippen molar-refractivity contribution in [1.82, 2.24) is 5.32 Å². The molecule has 1 nitrogen and oxygen atoms in total. The third-order valence-electron chi connectivity index (χ3n) is 5.37. The first-order valence-electron chi connectivity index (χ1n) is 9.06. The van der Waals surface area contributed by atoms with Crippen molar-refractivity contribution in [3.05, 3.63) is 35.4 Å². The minimum atomic E-state index is 0.615. The lowest BCUT2D eigenvalue weighted by Crippen LogP contribution is -2.30. The molecule has 0 amide bonds. The summed E-state index contributed by atoms with van der Waals surface area (Å²) in [6.07, 6.45) is 12.4. The lowest BCUT2D eigenvalue weighted by atomic mass is 9.68. The van der Waals surface area contributed by atoms with Crippen LogP contribution in [0.4, 0.5) is 0 Å². The number of benzene rings is 1. The van der Waals surface area contributed by atoms with Crippen LogP contribution in [0.5, 0.6) is 0 Å². The van der Waals surface area contributed by atoms with E-state index in [0.717, 1.165) is 13.0 Å². The van der Waals surface area contributed by atoms with Gasteiger partial charge in [-0.2, -0.15) is 0 Å². The summed E-state index contributed by atoms with van der Waals surface area (Å²) in [5.41, 5.74) is 3.60. The van der Waals surface area contributed by atoms with Crippen molar-refractivity contribution in [2.45, 2.75) is 71.6 Å². The zero-order valence-electron chi connectivity index (χ0n) is 14.1. The lowest BCUT2D eigenvalue weighted by molar-refractivity contribution is 0.157. The molecule has 0 atom stereocenters. The molecule has 1 fully saturated rings. The number of nitrogens with one attached hydrogen (secondary N) is 1. The van der Waals surface area contributed by atoms with Crippen molar-refractivity contribution in [1.29, 1.82) is 0 Å². The highest BCUT2D eigenvalue weighted by molar-refractivity contribution is 5.22. The van der Waals surface area contributed by atoms with Crippen LogP contribution in [0.15, 0.2) is 24.3 Å². The van der Waals surface area contributed by atoms with Gasteiger partial charge in [-0.25, -0.2) is 0 Å². The number of aryl methyl sites for hydroxylation is 2. The van der Waals surface area contributed by atoms with Crippen molar-refractivity contribution >= 4 is 0 Å². The second-order valence-corrected chi connectivity index (χ2v) is 6.83. The van der Waals surface area contributed by atoms with E-state index in [-0.39, 0.29) is 0 Å². The van der Waals surface area contributed by atoms with Crippen LogP contribution in [0.3, 0.4) is 0 Å². The second-order valence-electron chi connectivity index (χ2n) is 6.83. The summed E-state index contributed by atoms with van der Waals surface area (Å²) < 4.78 is 0. The molecule has 1 N–H and O–H groups in total. The molecule has 1 aliphatic carbocycles. The van der Waals surface area contributed by atoms with Crippen LogP contribution in [0, 0.1) is 5.41 Å². The Hall–Kier alpha value is -0.820. The molecule has 0 spiro atoms. The molecule has 0 aromatic heterocycles. The first-order valence-corrected chi connectivity index (χ1v) is 9.06. The fourth-order valence-electron chi connectivity index (χ4n) is 3.81. The van der Waals surface area contributed by atoms with Crippen LogP contribution in [0.1, 0.15) is 69.9 Å². The Morgan fingerprint density at radius 2 is 1.57 bits per heavy atom. The normalized spacial score (nSPS) is 17.8. The molecular weight excluding hydrogens is 254 g/mol. The first-order chi connectivity index (χ1) is 10.3. The molecular formula is C20H33N. The quantitative estimate of drug-likeness (QED) is 0.653. The van der Waals surface area contributed by atoms with Gasteiger partial charge >= 0.3 is 0 Å². The van der Waals surface area contributed by atoms with Crippen LogP contribution in [0.2, 0.25) is 0 Å². The predicted octanol–water partition coefficient (Wildman–Crippen LogP) is 5.13. The van der Waals surface area contributed by atoms with Crippen molar-refractivity contribution in [3.8, 4) is 0 Å². The minimum absolute atomic E-state index is 0.615. The highest BCUT2D eigenvalue weighted by atomic mass is 14.8. The molecule has 1 aromatic carbocycles. The van der Waals surface area contributed by atoms with Gasteiger partial charge in [0.1, 0.15) is 0 Å². The number of rotatable bonds is 8. The highest BCUT2D eigenvalue weighted by Crippen LogP contribution is 2.42. The maximum atomic E-state index is 3.53. The Bertz CT molecular complexity index is 387. The Kier molecular flexibility index (Phi) is 6.76. The van der Waals surface area contributed by atoms with Gasteiger partial charge in [0.15, 0.2) is 0 Å². The molecule has 0 aliphatic heterocycles. The smallest absolute Gasteiger partial charge is 0.00437 e. The molecule has 1 heteroatoms. The third-order valence-corrected chi connectivity index (χ3v) is 5.37. The maximum Gasteiger partial charge on any atom is -0.00437 e. The molecule has 1 aromatic rings. The minimum Gasteiger partial charge on any atom is -0.317 e. The van der Waals surface area contributed by atoms with Gasteiger partial charge in [-0.1, -0.05) is 57.4 Å². The Balaban J connectivity index is 1.90. The Morgan fingerprint density at radius 3 is 2.19 bits per heavy atom. The first kappa shape index (κ1) is 16.5. The van der Waals surface area contributed by atoms with Gasteiger partial charge in [0, 0.05) is 0 Å². The average molecular weight is 287 g/mol. The standard InChI is InChI=1S/C20H33N/c1-3-18-8-10-19(11-9-18)12-15-20(16-17-21-4-2)13-6-5-7-14-20/h8-11,21H,3-7,12-17H2,1-2H3. The van der Waals surface area contributed by atoms with Gasteiger partial charge in [-0.3, -0.25) is 0 Å². The monoisotopic (exact) mass is 287 g/mol. The second kappa shape index (κ2) is 8.58. The summed E-state index contributed by atoms with van der Waals surface area (Å²) in [6, 6.07) is 9.31. The molecule has 0 unspecified atom stereocenters. The van der Waals surface area contributed by atoms with Gasteiger partial charge in [-0.05, 0) is 68.2 Å².